The van der Waals surface area contributed by atoms with Gasteiger partial charge in [-0.15, -0.1) is 11.3 Å². The van der Waals surface area contributed by atoms with Crippen LogP contribution < -0.4 is 9.54 Å². The average Bonchev–Trinajstić information content (AvgIpc) is 3.02. The van der Waals surface area contributed by atoms with E-state index >= 15 is 0 Å². The Morgan fingerprint density at radius 1 is 1.33 bits per heavy atom. The van der Waals surface area contributed by atoms with Crippen molar-refractivity contribution in [2.75, 3.05) is 7.11 Å². The SMILES string of the molecule is COc1ccc(Cl)cc1C(=NC#N)/N=c1\sc(C(C)(C)C)cn1CCC#N. The molecule has 2 aromatic rings. The first-order valence-electron chi connectivity index (χ1n) is 8.23. The summed E-state index contributed by atoms with van der Waals surface area (Å²) in [5, 5.41) is 18.6. The van der Waals surface area contributed by atoms with Gasteiger partial charge >= 0.3 is 0 Å². The monoisotopic (exact) mass is 401 g/mol. The third-order valence-corrected chi connectivity index (χ3v) is 5.36. The van der Waals surface area contributed by atoms with Crippen LogP contribution >= 0.6 is 22.9 Å². The molecule has 0 saturated heterocycles. The number of benzene rings is 1. The molecule has 2 rings (SSSR count). The predicted octanol–water partition coefficient (Wildman–Crippen LogP) is 4.25. The van der Waals surface area contributed by atoms with Gasteiger partial charge in [-0.25, -0.2) is 0 Å². The van der Waals surface area contributed by atoms with Crippen molar-refractivity contribution < 1.29 is 4.74 Å². The van der Waals surface area contributed by atoms with Crippen LogP contribution in [-0.2, 0) is 12.0 Å². The quantitative estimate of drug-likeness (QED) is 0.436. The zero-order valence-corrected chi connectivity index (χ0v) is 17.2. The fourth-order valence-corrected chi connectivity index (χ4v) is 3.53. The molecule has 0 spiro atoms. The lowest BCUT2D eigenvalue weighted by Crippen LogP contribution is -2.17. The van der Waals surface area contributed by atoms with Crippen molar-refractivity contribution in [3.8, 4) is 18.0 Å². The summed E-state index contributed by atoms with van der Waals surface area (Å²) in [5.74, 6) is 0.734. The molecule has 1 aromatic heterocycles. The maximum Gasteiger partial charge on any atom is 0.207 e. The normalized spacial score (nSPS) is 12.6. The number of amidine groups is 1. The Hall–Kier alpha value is -2.61. The lowest BCUT2D eigenvalue weighted by atomic mass is 9.95. The van der Waals surface area contributed by atoms with Crippen LogP contribution in [0.15, 0.2) is 34.4 Å². The van der Waals surface area contributed by atoms with Crippen molar-refractivity contribution >= 4 is 28.8 Å². The van der Waals surface area contributed by atoms with E-state index in [0.717, 1.165) is 4.88 Å². The van der Waals surface area contributed by atoms with Gasteiger partial charge < -0.3 is 9.30 Å². The van der Waals surface area contributed by atoms with Gasteiger partial charge in [0, 0.05) is 22.6 Å². The summed E-state index contributed by atoms with van der Waals surface area (Å²) in [4.78, 5) is 10.3. The summed E-state index contributed by atoms with van der Waals surface area (Å²) in [5.41, 5.74) is 0.469. The Morgan fingerprint density at radius 3 is 2.67 bits per heavy atom. The number of ether oxygens (including phenoxy) is 1. The molecular weight excluding hydrogens is 382 g/mol. The Labute approximate surface area is 167 Å². The van der Waals surface area contributed by atoms with E-state index in [1.54, 1.807) is 24.4 Å². The summed E-state index contributed by atoms with van der Waals surface area (Å²) in [7, 11) is 1.53. The fraction of sp³-hybridized carbons (Fsp3) is 0.368. The summed E-state index contributed by atoms with van der Waals surface area (Å²) >= 11 is 7.62. The molecule has 0 aliphatic carbocycles. The van der Waals surface area contributed by atoms with Crippen molar-refractivity contribution in [1.29, 1.82) is 10.5 Å². The minimum absolute atomic E-state index is 0.0624. The van der Waals surface area contributed by atoms with Crippen LogP contribution in [0.5, 0.6) is 5.75 Å². The first-order chi connectivity index (χ1) is 12.8. The highest BCUT2D eigenvalue weighted by molar-refractivity contribution is 7.09. The minimum atomic E-state index is -0.0624. The molecule has 0 radical (unpaired) electrons. The second-order valence-corrected chi connectivity index (χ2v) is 8.17. The highest BCUT2D eigenvalue weighted by Gasteiger charge is 2.18. The molecule has 8 heteroatoms. The van der Waals surface area contributed by atoms with Gasteiger partial charge in [0.25, 0.3) is 0 Å². The molecule has 0 bridgehead atoms. The van der Waals surface area contributed by atoms with E-state index in [2.05, 4.69) is 36.8 Å². The van der Waals surface area contributed by atoms with Gasteiger partial charge in [-0.2, -0.15) is 20.5 Å². The number of aromatic nitrogens is 1. The highest BCUT2D eigenvalue weighted by Crippen LogP contribution is 2.26. The first-order valence-corrected chi connectivity index (χ1v) is 9.42. The lowest BCUT2D eigenvalue weighted by molar-refractivity contribution is 0.414. The number of nitrogens with zero attached hydrogens (tertiary/aromatic N) is 5. The summed E-state index contributed by atoms with van der Waals surface area (Å²) in [6.45, 7) is 6.85. The van der Waals surface area contributed by atoms with Gasteiger partial charge in [-0.3, -0.25) is 0 Å². The molecule has 140 valence electrons. The van der Waals surface area contributed by atoms with Crippen molar-refractivity contribution in [2.24, 2.45) is 9.98 Å². The molecule has 0 aliphatic heterocycles. The lowest BCUT2D eigenvalue weighted by Gasteiger charge is -2.14. The maximum absolute atomic E-state index is 9.14. The minimum Gasteiger partial charge on any atom is -0.496 e. The zero-order chi connectivity index (χ0) is 20.0. The number of rotatable bonds is 4. The number of thiazole rings is 1. The summed E-state index contributed by atoms with van der Waals surface area (Å²) in [6.07, 6.45) is 4.16. The molecule has 1 aromatic carbocycles. The molecule has 0 amide bonds. The van der Waals surface area contributed by atoms with Crippen LogP contribution in [0.3, 0.4) is 0 Å². The van der Waals surface area contributed by atoms with Crippen molar-refractivity contribution in [3.63, 3.8) is 0 Å². The van der Waals surface area contributed by atoms with Crippen LogP contribution in [0.25, 0.3) is 0 Å². The maximum atomic E-state index is 9.14. The van der Waals surface area contributed by atoms with Gasteiger partial charge in [0.15, 0.2) is 10.6 Å². The fourth-order valence-electron chi connectivity index (χ4n) is 2.28. The third kappa shape index (κ3) is 5.19. The van der Waals surface area contributed by atoms with Gasteiger partial charge in [0.05, 0.1) is 25.2 Å². The van der Waals surface area contributed by atoms with E-state index in [0.29, 0.717) is 34.1 Å². The first kappa shape index (κ1) is 20.7. The van der Waals surface area contributed by atoms with E-state index in [1.807, 2.05) is 10.8 Å². The third-order valence-electron chi connectivity index (χ3n) is 3.68. The molecule has 27 heavy (non-hydrogen) atoms. The zero-order valence-electron chi connectivity index (χ0n) is 15.7. The van der Waals surface area contributed by atoms with E-state index in [4.69, 9.17) is 26.9 Å². The number of nitriles is 2. The van der Waals surface area contributed by atoms with Gasteiger partial charge in [-0.05, 0) is 23.6 Å². The number of aryl methyl sites for hydroxylation is 1. The van der Waals surface area contributed by atoms with E-state index in [-0.39, 0.29) is 11.3 Å². The molecule has 0 N–H and O–H groups in total. The second kappa shape index (κ2) is 8.85. The number of halogens is 1. The summed E-state index contributed by atoms with van der Waals surface area (Å²) in [6, 6.07) is 7.22. The van der Waals surface area contributed by atoms with E-state index in [9.17, 15) is 0 Å². The van der Waals surface area contributed by atoms with Crippen molar-refractivity contribution in [3.05, 3.63) is 44.7 Å². The molecule has 0 saturated carbocycles. The summed E-state index contributed by atoms with van der Waals surface area (Å²) < 4.78 is 7.28. The number of hydrogen-bond acceptors (Lipinski definition) is 5. The van der Waals surface area contributed by atoms with E-state index < -0.39 is 0 Å². The molecule has 6 nitrogen and oxygen atoms in total. The highest BCUT2D eigenvalue weighted by atomic mass is 35.5. The van der Waals surface area contributed by atoms with Gasteiger partial charge in [0.2, 0.25) is 6.19 Å². The molecular formula is C19H20ClN5OS. The molecule has 1 heterocycles. The Kier molecular flexibility index (Phi) is 6.79. The number of methoxy groups -OCH3 is 1. The van der Waals surface area contributed by atoms with Gasteiger partial charge in [-0.1, -0.05) is 32.4 Å². The van der Waals surface area contributed by atoms with Crippen LogP contribution in [0.4, 0.5) is 0 Å². The molecule has 0 aliphatic rings. The molecule has 0 atom stereocenters. The van der Waals surface area contributed by atoms with Gasteiger partial charge in [0.1, 0.15) is 5.75 Å². The predicted molar refractivity (Wildman–Crippen MR) is 107 cm³/mol. The topological polar surface area (TPSA) is 86.5 Å². The smallest absolute Gasteiger partial charge is 0.207 e. The second-order valence-electron chi connectivity index (χ2n) is 6.72. The Balaban J connectivity index is 2.68. The average molecular weight is 402 g/mol. The Bertz CT molecular complexity index is 999. The van der Waals surface area contributed by atoms with Crippen LogP contribution in [0.2, 0.25) is 5.02 Å². The van der Waals surface area contributed by atoms with Crippen LogP contribution in [-0.4, -0.2) is 17.5 Å². The molecule has 0 unspecified atom stereocenters. The standard InChI is InChI=1S/C19H20ClN5OS/c1-19(2,3)16-11-25(9-5-8-21)18(27-16)24-17(23-12-22)14-10-13(20)6-7-15(14)26-4/h6-7,10-11H,5,9H2,1-4H3/b23-17?,24-18-. The van der Waals surface area contributed by atoms with Crippen LogP contribution in [0, 0.1) is 22.8 Å². The van der Waals surface area contributed by atoms with E-state index in [1.165, 1.54) is 18.4 Å². The largest absolute Gasteiger partial charge is 0.496 e. The number of aliphatic imine (C=N–C) groups is 1. The molecule has 0 fully saturated rings. The Morgan fingerprint density at radius 2 is 2.07 bits per heavy atom. The number of hydrogen-bond donors (Lipinski definition) is 0. The van der Waals surface area contributed by atoms with Crippen LogP contribution in [0.1, 0.15) is 37.6 Å². The van der Waals surface area contributed by atoms with Crippen molar-refractivity contribution in [1.82, 2.24) is 4.57 Å². The van der Waals surface area contributed by atoms with Crippen molar-refractivity contribution in [2.45, 2.75) is 39.2 Å².